The fraction of sp³-hybridized carbons (Fsp3) is 0.0870. The Morgan fingerprint density at radius 1 is 1.11 bits per heavy atom. The van der Waals surface area contributed by atoms with Crippen LogP contribution in [0.5, 0.6) is 0 Å². The molecule has 0 bridgehead atoms. The fourth-order valence-corrected chi connectivity index (χ4v) is 4.84. The first-order valence-electron chi connectivity index (χ1n) is 10.3. The molecule has 2 aromatic carbocycles. The van der Waals surface area contributed by atoms with Gasteiger partial charge in [-0.15, -0.1) is 10.2 Å². The van der Waals surface area contributed by atoms with E-state index in [9.17, 15) is 4.79 Å². The van der Waals surface area contributed by atoms with Crippen LogP contribution in [0.4, 0.5) is 0 Å². The summed E-state index contributed by atoms with van der Waals surface area (Å²) >= 11 is 18.9. The summed E-state index contributed by atoms with van der Waals surface area (Å²) in [6.45, 7) is 2.30. The quantitative estimate of drug-likeness (QED) is 0.281. The lowest BCUT2D eigenvalue weighted by molar-refractivity contribution is 0.0950. The van der Waals surface area contributed by atoms with Crippen LogP contribution in [0.25, 0.3) is 26.9 Å². The average molecular weight is 543 g/mol. The van der Waals surface area contributed by atoms with Crippen molar-refractivity contribution >= 4 is 62.7 Å². The lowest BCUT2D eigenvalue weighted by atomic mass is 10.1. The molecule has 8 nitrogen and oxygen atoms in total. The second-order valence-electron chi connectivity index (χ2n) is 7.47. The topological polar surface area (TPSA) is 97.3 Å². The third-order valence-electron chi connectivity index (χ3n) is 5.05. The third-order valence-corrected chi connectivity index (χ3v) is 6.80. The van der Waals surface area contributed by atoms with Gasteiger partial charge in [0.25, 0.3) is 5.91 Å². The molecule has 0 saturated carbocycles. The van der Waals surface area contributed by atoms with E-state index >= 15 is 0 Å². The highest BCUT2D eigenvalue weighted by Crippen LogP contribution is 2.31. The predicted molar refractivity (Wildman–Crippen MR) is 140 cm³/mol. The van der Waals surface area contributed by atoms with Gasteiger partial charge in [-0.05, 0) is 55.0 Å². The van der Waals surface area contributed by atoms with Gasteiger partial charge in [0.15, 0.2) is 16.7 Å². The van der Waals surface area contributed by atoms with Crippen LogP contribution >= 0.6 is 46.8 Å². The first kappa shape index (κ1) is 23.4. The number of benzene rings is 2. The van der Waals surface area contributed by atoms with Gasteiger partial charge in [0, 0.05) is 22.7 Å². The number of aryl methyl sites for hydroxylation is 1. The number of amides is 1. The molecule has 5 aromatic rings. The maximum Gasteiger partial charge on any atom is 0.293 e. The Kier molecular flexibility index (Phi) is 6.52. The molecule has 3 heterocycles. The second kappa shape index (κ2) is 9.74. The molecule has 35 heavy (non-hydrogen) atoms. The summed E-state index contributed by atoms with van der Waals surface area (Å²) in [4.78, 5) is 13.3. The van der Waals surface area contributed by atoms with E-state index in [1.165, 1.54) is 11.3 Å². The minimum atomic E-state index is -0.465. The van der Waals surface area contributed by atoms with Gasteiger partial charge in [-0.25, -0.2) is 0 Å². The van der Waals surface area contributed by atoms with E-state index < -0.39 is 5.91 Å². The van der Waals surface area contributed by atoms with E-state index in [0.717, 1.165) is 26.9 Å². The smallest absolute Gasteiger partial charge is 0.293 e. The van der Waals surface area contributed by atoms with E-state index in [-0.39, 0.29) is 10.9 Å². The summed E-state index contributed by atoms with van der Waals surface area (Å²) in [5.41, 5.74) is 2.61. The minimum absolute atomic E-state index is 0.111. The van der Waals surface area contributed by atoms with Crippen LogP contribution in [0.2, 0.25) is 10.0 Å². The molecule has 12 heteroatoms. The minimum Gasteiger partial charge on any atom is -0.451 e. The molecule has 3 aromatic heterocycles. The second-order valence-corrected chi connectivity index (χ2v) is 9.68. The molecule has 0 spiro atoms. The van der Waals surface area contributed by atoms with Crippen molar-refractivity contribution < 1.29 is 9.21 Å². The summed E-state index contributed by atoms with van der Waals surface area (Å²) in [5, 5.41) is 20.3. The lowest BCUT2D eigenvalue weighted by Crippen LogP contribution is -2.38. The molecule has 0 aliphatic carbocycles. The SMILES string of the molecule is Cc1nnc2sc(-c3ccc(CNC(=S)NC(=O)c4ccc(-c5ccc(Cl)cc5Cl)o4)cc3)nn12. The van der Waals surface area contributed by atoms with Gasteiger partial charge in [0.05, 0.1) is 5.02 Å². The number of halogens is 2. The van der Waals surface area contributed by atoms with Crippen LogP contribution in [-0.2, 0) is 6.54 Å². The molecular weight excluding hydrogens is 527 g/mol. The molecule has 0 radical (unpaired) electrons. The van der Waals surface area contributed by atoms with Crippen molar-refractivity contribution in [2.45, 2.75) is 13.5 Å². The van der Waals surface area contributed by atoms with Gasteiger partial charge in [-0.3, -0.25) is 10.1 Å². The number of carbonyl (C=O) groups excluding carboxylic acids is 1. The monoisotopic (exact) mass is 542 g/mol. The zero-order chi connectivity index (χ0) is 24.5. The van der Waals surface area contributed by atoms with Crippen LogP contribution in [-0.4, -0.2) is 30.8 Å². The number of carbonyl (C=O) groups is 1. The molecule has 5 rings (SSSR count). The summed E-state index contributed by atoms with van der Waals surface area (Å²) in [5.74, 6) is 0.849. The first-order chi connectivity index (χ1) is 16.9. The Balaban J connectivity index is 1.17. The first-order valence-corrected chi connectivity index (χ1v) is 12.3. The van der Waals surface area contributed by atoms with Gasteiger partial charge >= 0.3 is 0 Å². The number of hydrogen-bond donors (Lipinski definition) is 2. The summed E-state index contributed by atoms with van der Waals surface area (Å²) in [6.07, 6.45) is 0. The van der Waals surface area contributed by atoms with Crippen molar-refractivity contribution in [2.75, 3.05) is 0 Å². The maximum atomic E-state index is 12.5. The number of rotatable bonds is 5. The standard InChI is InChI=1S/C23H16Cl2N6O2S2/c1-12-28-29-23-31(12)30-21(35-23)14-4-2-13(3-5-14)11-26-22(34)27-20(32)19-9-8-18(33-19)16-7-6-15(24)10-17(16)25/h2-10H,11H2,1H3,(H2,26,27,32,34). The van der Waals surface area contributed by atoms with E-state index in [4.69, 9.17) is 39.8 Å². The van der Waals surface area contributed by atoms with E-state index in [2.05, 4.69) is 25.9 Å². The fourth-order valence-electron chi connectivity index (χ4n) is 3.28. The zero-order valence-electron chi connectivity index (χ0n) is 18.1. The van der Waals surface area contributed by atoms with Gasteiger partial charge in [-0.1, -0.05) is 58.8 Å². The van der Waals surface area contributed by atoms with Gasteiger partial charge in [-0.2, -0.15) is 9.61 Å². The molecular formula is C23H16Cl2N6O2S2. The molecule has 0 unspecified atom stereocenters. The number of aromatic nitrogens is 4. The maximum absolute atomic E-state index is 12.5. The van der Waals surface area contributed by atoms with Crippen LogP contribution in [0.3, 0.4) is 0 Å². The van der Waals surface area contributed by atoms with E-state index in [0.29, 0.717) is 27.9 Å². The molecule has 0 saturated heterocycles. The van der Waals surface area contributed by atoms with Gasteiger partial charge in [0.1, 0.15) is 10.8 Å². The van der Waals surface area contributed by atoms with Crippen molar-refractivity contribution in [2.24, 2.45) is 0 Å². The highest BCUT2D eigenvalue weighted by molar-refractivity contribution is 7.80. The van der Waals surface area contributed by atoms with Crippen molar-refractivity contribution in [3.8, 4) is 21.9 Å². The summed E-state index contributed by atoms with van der Waals surface area (Å²) in [6, 6.07) is 16.2. The van der Waals surface area contributed by atoms with Gasteiger partial charge in [0.2, 0.25) is 4.96 Å². The molecule has 0 aliphatic heterocycles. The number of nitrogens with one attached hydrogen (secondary N) is 2. The Labute approximate surface area is 218 Å². The highest BCUT2D eigenvalue weighted by Gasteiger charge is 2.15. The van der Waals surface area contributed by atoms with Crippen molar-refractivity contribution in [3.05, 3.63) is 81.8 Å². The number of hydrogen-bond acceptors (Lipinski definition) is 7. The predicted octanol–water partition coefficient (Wildman–Crippen LogP) is 5.53. The lowest BCUT2D eigenvalue weighted by Gasteiger charge is -2.09. The Hall–Kier alpha value is -3.31. The normalized spacial score (nSPS) is 11.1. The van der Waals surface area contributed by atoms with Crippen LogP contribution in [0, 0.1) is 6.92 Å². The van der Waals surface area contributed by atoms with Crippen molar-refractivity contribution in [3.63, 3.8) is 0 Å². The molecule has 2 N–H and O–H groups in total. The molecule has 0 aliphatic rings. The molecule has 0 fully saturated rings. The number of thiocarbonyl (C=S) groups is 1. The largest absolute Gasteiger partial charge is 0.451 e. The molecule has 1 amide bonds. The third kappa shape index (κ3) is 5.06. The Morgan fingerprint density at radius 3 is 2.66 bits per heavy atom. The van der Waals surface area contributed by atoms with Crippen molar-refractivity contribution in [1.82, 2.24) is 30.4 Å². The summed E-state index contributed by atoms with van der Waals surface area (Å²) in [7, 11) is 0. The van der Waals surface area contributed by atoms with Crippen LogP contribution in [0.15, 0.2) is 59.0 Å². The highest BCUT2D eigenvalue weighted by atomic mass is 35.5. The average Bonchev–Trinajstić information content (AvgIpc) is 3.56. The van der Waals surface area contributed by atoms with Crippen molar-refractivity contribution in [1.29, 1.82) is 0 Å². The van der Waals surface area contributed by atoms with E-state index in [1.807, 2.05) is 31.2 Å². The molecule has 176 valence electrons. The summed E-state index contributed by atoms with van der Waals surface area (Å²) < 4.78 is 7.38. The molecule has 0 atom stereocenters. The number of furan rings is 1. The number of fused-ring (bicyclic) bond motifs is 1. The Bertz CT molecular complexity index is 1560. The van der Waals surface area contributed by atoms with Gasteiger partial charge < -0.3 is 9.73 Å². The van der Waals surface area contributed by atoms with E-state index in [1.54, 1.807) is 34.8 Å². The zero-order valence-corrected chi connectivity index (χ0v) is 21.2. The number of nitrogens with zero attached hydrogens (tertiary/aromatic N) is 4. The van der Waals surface area contributed by atoms with Crippen LogP contribution < -0.4 is 10.6 Å². The van der Waals surface area contributed by atoms with Crippen LogP contribution in [0.1, 0.15) is 21.9 Å². The Morgan fingerprint density at radius 2 is 1.91 bits per heavy atom.